The van der Waals surface area contributed by atoms with Gasteiger partial charge in [-0.15, -0.1) is 10.2 Å². The van der Waals surface area contributed by atoms with Crippen molar-refractivity contribution in [1.29, 1.82) is 0 Å². The van der Waals surface area contributed by atoms with Gasteiger partial charge in [0, 0.05) is 30.1 Å². The first kappa shape index (κ1) is 22.9. The number of anilines is 1. The number of aromatic nitrogens is 6. The van der Waals surface area contributed by atoms with Crippen molar-refractivity contribution in [2.24, 2.45) is 7.05 Å². The molecule has 0 aliphatic heterocycles. The zero-order valence-corrected chi connectivity index (χ0v) is 19.8. The summed E-state index contributed by atoms with van der Waals surface area (Å²) in [5, 5.41) is 15.5. The van der Waals surface area contributed by atoms with Gasteiger partial charge in [-0.25, -0.2) is 9.37 Å². The Morgan fingerprint density at radius 2 is 1.72 bits per heavy atom. The van der Waals surface area contributed by atoms with Crippen LogP contribution in [0.3, 0.4) is 0 Å². The molecule has 0 aliphatic rings. The largest absolute Gasteiger partial charge is 0.438 e. The molecule has 0 bridgehead atoms. The summed E-state index contributed by atoms with van der Waals surface area (Å²) in [5.41, 5.74) is 4.18. The molecule has 0 spiro atoms. The fourth-order valence-corrected chi connectivity index (χ4v) is 3.59. The number of aryl methyl sites for hydroxylation is 2. The second kappa shape index (κ2) is 9.41. The first-order chi connectivity index (χ1) is 17.4. The van der Waals surface area contributed by atoms with Crippen molar-refractivity contribution in [2.75, 3.05) is 5.32 Å². The van der Waals surface area contributed by atoms with E-state index in [1.54, 1.807) is 68.0 Å². The summed E-state index contributed by atoms with van der Waals surface area (Å²) >= 11 is 0. The lowest BCUT2D eigenvalue weighted by Gasteiger charge is -2.08. The van der Waals surface area contributed by atoms with E-state index in [2.05, 4.69) is 25.6 Å². The molecule has 1 N–H and O–H groups in total. The maximum atomic E-state index is 13.2. The van der Waals surface area contributed by atoms with Crippen LogP contribution in [0, 0.1) is 19.7 Å². The second-order valence-electron chi connectivity index (χ2n) is 8.14. The number of ether oxygens (including phenoxy) is 1. The van der Waals surface area contributed by atoms with E-state index < -0.39 is 0 Å². The van der Waals surface area contributed by atoms with Crippen LogP contribution in [0.5, 0.6) is 11.6 Å². The van der Waals surface area contributed by atoms with Crippen molar-refractivity contribution >= 4 is 11.6 Å². The minimum absolute atomic E-state index is 0.321. The molecule has 5 rings (SSSR count). The zero-order valence-electron chi connectivity index (χ0n) is 19.8. The third-order valence-electron chi connectivity index (χ3n) is 5.71. The predicted molar refractivity (Wildman–Crippen MR) is 132 cm³/mol. The lowest BCUT2D eigenvalue weighted by Crippen LogP contribution is -2.15. The highest BCUT2D eigenvalue weighted by molar-refractivity contribution is 6.03. The SMILES string of the molecule is Cc1ncn(-c2ccc(Oc3ccc(NC(=O)c4cc(-c5ccc(F)cc5)nn4C)cc3)nn2)c1C. The summed E-state index contributed by atoms with van der Waals surface area (Å²) < 4.78 is 22.3. The van der Waals surface area contributed by atoms with Crippen LogP contribution in [0.15, 0.2) is 73.1 Å². The van der Waals surface area contributed by atoms with Crippen LogP contribution in [-0.4, -0.2) is 35.4 Å². The predicted octanol–water partition coefficient (Wildman–Crippen LogP) is 4.86. The highest BCUT2D eigenvalue weighted by Gasteiger charge is 2.15. The molecule has 3 aromatic heterocycles. The number of nitrogens with zero attached hydrogens (tertiary/aromatic N) is 6. The standard InChI is InChI=1S/C26H22FN7O2/c1-16-17(2)34(15-28-16)24-12-13-25(31-30-24)36-21-10-8-20(9-11-21)29-26(35)23-14-22(32-33(23)3)18-4-6-19(27)7-5-18/h4-15H,1-3H3,(H,29,35). The third-order valence-corrected chi connectivity index (χ3v) is 5.71. The van der Waals surface area contributed by atoms with Gasteiger partial charge in [0.2, 0.25) is 5.88 Å². The Labute approximate surface area is 206 Å². The Kier molecular flexibility index (Phi) is 5.99. The van der Waals surface area contributed by atoms with E-state index in [1.165, 1.54) is 16.8 Å². The van der Waals surface area contributed by atoms with Crippen molar-refractivity contribution in [2.45, 2.75) is 13.8 Å². The molecule has 36 heavy (non-hydrogen) atoms. The number of imidazole rings is 1. The van der Waals surface area contributed by atoms with Gasteiger partial charge in [-0.3, -0.25) is 14.0 Å². The molecule has 3 heterocycles. The van der Waals surface area contributed by atoms with Gasteiger partial charge in [-0.05, 0) is 74.5 Å². The van der Waals surface area contributed by atoms with Crippen molar-refractivity contribution in [1.82, 2.24) is 29.5 Å². The molecule has 0 radical (unpaired) electrons. The van der Waals surface area contributed by atoms with Crippen LogP contribution in [0.1, 0.15) is 21.9 Å². The number of carbonyl (C=O) groups excluding carboxylic acids is 1. The van der Waals surface area contributed by atoms with Gasteiger partial charge < -0.3 is 10.1 Å². The lowest BCUT2D eigenvalue weighted by molar-refractivity contribution is 0.101. The van der Waals surface area contributed by atoms with Gasteiger partial charge in [0.25, 0.3) is 5.91 Å². The van der Waals surface area contributed by atoms with Crippen molar-refractivity contribution in [3.05, 3.63) is 96.0 Å². The first-order valence-electron chi connectivity index (χ1n) is 11.1. The molecule has 9 nitrogen and oxygen atoms in total. The van der Waals surface area contributed by atoms with E-state index in [4.69, 9.17) is 4.74 Å². The molecule has 0 unspecified atom stereocenters. The molecule has 0 saturated heterocycles. The minimum Gasteiger partial charge on any atom is -0.438 e. The van der Waals surface area contributed by atoms with Crippen LogP contribution in [-0.2, 0) is 7.05 Å². The molecule has 0 atom stereocenters. The van der Waals surface area contributed by atoms with E-state index in [0.29, 0.717) is 34.5 Å². The van der Waals surface area contributed by atoms with E-state index in [1.807, 2.05) is 18.4 Å². The summed E-state index contributed by atoms with van der Waals surface area (Å²) in [7, 11) is 1.68. The normalized spacial score (nSPS) is 10.9. The maximum Gasteiger partial charge on any atom is 0.273 e. The molecule has 0 saturated carbocycles. The number of nitrogens with one attached hydrogen (secondary N) is 1. The highest BCUT2D eigenvalue weighted by Crippen LogP contribution is 2.23. The highest BCUT2D eigenvalue weighted by atomic mass is 19.1. The van der Waals surface area contributed by atoms with E-state index in [9.17, 15) is 9.18 Å². The number of hydrogen-bond acceptors (Lipinski definition) is 6. The molecule has 2 aromatic carbocycles. The fourth-order valence-electron chi connectivity index (χ4n) is 3.59. The summed E-state index contributed by atoms with van der Waals surface area (Å²) in [6, 6.07) is 18.0. The monoisotopic (exact) mass is 483 g/mol. The average molecular weight is 484 g/mol. The molecule has 5 aromatic rings. The van der Waals surface area contributed by atoms with E-state index in [0.717, 1.165) is 17.0 Å². The average Bonchev–Trinajstić information content (AvgIpc) is 3.43. The smallest absolute Gasteiger partial charge is 0.273 e. The summed E-state index contributed by atoms with van der Waals surface area (Å²) in [6.07, 6.45) is 1.71. The number of carbonyl (C=O) groups is 1. The van der Waals surface area contributed by atoms with E-state index >= 15 is 0 Å². The van der Waals surface area contributed by atoms with Gasteiger partial charge in [-0.2, -0.15) is 5.10 Å². The molecule has 0 fully saturated rings. The van der Waals surface area contributed by atoms with Crippen LogP contribution >= 0.6 is 0 Å². The Bertz CT molecular complexity index is 1520. The Morgan fingerprint density at radius 3 is 2.36 bits per heavy atom. The molecular formula is C26H22FN7O2. The minimum atomic E-state index is -0.330. The molecular weight excluding hydrogens is 461 g/mol. The Hall–Kier alpha value is -4.86. The fraction of sp³-hybridized carbons (Fsp3) is 0.115. The lowest BCUT2D eigenvalue weighted by atomic mass is 10.1. The number of halogens is 1. The van der Waals surface area contributed by atoms with Crippen molar-refractivity contribution in [3.8, 4) is 28.7 Å². The van der Waals surface area contributed by atoms with Gasteiger partial charge in [0.05, 0.1) is 11.4 Å². The van der Waals surface area contributed by atoms with Crippen LogP contribution in [0.2, 0.25) is 0 Å². The third kappa shape index (κ3) is 4.69. The van der Waals surface area contributed by atoms with Crippen LogP contribution in [0.4, 0.5) is 10.1 Å². The first-order valence-corrected chi connectivity index (χ1v) is 11.1. The van der Waals surface area contributed by atoms with Gasteiger partial charge in [0.15, 0.2) is 5.82 Å². The molecule has 0 aliphatic carbocycles. The maximum absolute atomic E-state index is 13.2. The topological polar surface area (TPSA) is 99.8 Å². The number of benzene rings is 2. The number of rotatable bonds is 6. The second-order valence-corrected chi connectivity index (χ2v) is 8.14. The molecule has 1 amide bonds. The molecule has 10 heteroatoms. The van der Waals surface area contributed by atoms with Crippen molar-refractivity contribution < 1.29 is 13.9 Å². The Balaban J connectivity index is 1.23. The zero-order chi connectivity index (χ0) is 25.2. The van der Waals surface area contributed by atoms with Gasteiger partial charge in [-0.1, -0.05) is 0 Å². The quantitative estimate of drug-likeness (QED) is 0.370. The molecule has 180 valence electrons. The van der Waals surface area contributed by atoms with Gasteiger partial charge in [0.1, 0.15) is 23.6 Å². The Morgan fingerprint density at radius 1 is 0.972 bits per heavy atom. The summed E-state index contributed by atoms with van der Waals surface area (Å²) in [6.45, 7) is 3.90. The van der Waals surface area contributed by atoms with Crippen molar-refractivity contribution in [3.63, 3.8) is 0 Å². The summed E-state index contributed by atoms with van der Waals surface area (Å²) in [4.78, 5) is 17.1. The van der Waals surface area contributed by atoms with Crippen LogP contribution < -0.4 is 10.1 Å². The van der Waals surface area contributed by atoms with Crippen LogP contribution in [0.25, 0.3) is 17.1 Å². The van der Waals surface area contributed by atoms with E-state index in [-0.39, 0.29) is 11.7 Å². The number of amides is 1. The van der Waals surface area contributed by atoms with Gasteiger partial charge >= 0.3 is 0 Å². The summed E-state index contributed by atoms with van der Waals surface area (Å²) in [5.74, 6) is 0.885. The number of hydrogen-bond donors (Lipinski definition) is 1.